The van der Waals surface area contributed by atoms with Gasteiger partial charge in [0.2, 0.25) is 0 Å². The highest BCUT2D eigenvalue weighted by Crippen LogP contribution is 2.27. The Labute approximate surface area is 122 Å². The Morgan fingerprint density at radius 3 is 2.67 bits per heavy atom. The maximum Gasteiger partial charge on any atom is 0.138 e. The van der Waals surface area contributed by atoms with Gasteiger partial charge >= 0.3 is 0 Å². The van der Waals surface area contributed by atoms with Crippen LogP contribution in [0.15, 0.2) is 22.7 Å². The lowest BCUT2D eigenvalue weighted by molar-refractivity contribution is 0.134. The summed E-state index contributed by atoms with van der Waals surface area (Å²) < 4.78 is 6.68. The highest BCUT2D eigenvalue weighted by Gasteiger charge is 2.13. The molecule has 100 valence electrons. The molecule has 5 heteroatoms. The first-order valence-corrected chi connectivity index (χ1v) is 7.31. The molecule has 1 heterocycles. The average Bonchev–Trinajstić information content (AvgIpc) is 2.34. The van der Waals surface area contributed by atoms with Crippen LogP contribution in [0.2, 0.25) is 5.02 Å². The predicted molar refractivity (Wildman–Crippen MR) is 78.6 cm³/mol. The molecule has 0 N–H and O–H groups in total. The lowest BCUT2D eigenvalue weighted by Gasteiger charge is -2.32. The zero-order valence-corrected chi connectivity index (χ0v) is 12.9. The Morgan fingerprint density at radius 1 is 1.28 bits per heavy atom. The summed E-state index contributed by atoms with van der Waals surface area (Å²) in [4.78, 5) is 4.77. The summed E-state index contributed by atoms with van der Waals surface area (Å²) in [6, 6.07) is 5.69. The van der Waals surface area contributed by atoms with Gasteiger partial charge in [-0.05, 0) is 25.2 Å². The van der Waals surface area contributed by atoms with Crippen LogP contribution in [0.25, 0.3) is 0 Å². The molecular formula is C13H18BrClN2O. The first-order chi connectivity index (χ1) is 8.65. The molecule has 0 unspecified atom stereocenters. The van der Waals surface area contributed by atoms with Crippen LogP contribution in [0.5, 0.6) is 5.75 Å². The second-order valence-electron chi connectivity index (χ2n) is 4.57. The van der Waals surface area contributed by atoms with Crippen LogP contribution in [-0.2, 0) is 0 Å². The minimum atomic E-state index is 0.655. The van der Waals surface area contributed by atoms with Crippen molar-refractivity contribution in [1.29, 1.82) is 0 Å². The van der Waals surface area contributed by atoms with Crippen LogP contribution >= 0.6 is 27.5 Å². The lowest BCUT2D eigenvalue weighted by Crippen LogP contribution is -2.45. The molecule has 18 heavy (non-hydrogen) atoms. The maximum absolute atomic E-state index is 6.09. The third-order valence-electron chi connectivity index (χ3n) is 3.15. The van der Waals surface area contributed by atoms with Gasteiger partial charge in [-0.1, -0.05) is 27.5 Å². The van der Waals surface area contributed by atoms with E-state index in [2.05, 4.69) is 32.8 Å². The molecule has 0 bridgehead atoms. The number of likely N-dealkylation sites (N-methyl/N-ethyl adjacent to an activating group) is 1. The molecule has 1 aliphatic heterocycles. The highest BCUT2D eigenvalue weighted by atomic mass is 79.9. The summed E-state index contributed by atoms with van der Waals surface area (Å²) in [5.41, 5.74) is 0. The van der Waals surface area contributed by atoms with Crippen LogP contribution in [-0.4, -0.2) is 56.2 Å². The number of ether oxygens (including phenoxy) is 1. The molecule has 0 aromatic heterocycles. The van der Waals surface area contributed by atoms with E-state index in [1.165, 1.54) is 0 Å². The van der Waals surface area contributed by atoms with Gasteiger partial charge in [-0.25, -0.2) is 0 Å². The molecule has 1 aromatic carbocycles. The molecule has 0 spiro atoms. The molecule has 0 saturated carbocycles. The summed E-state index contributed by atoms with van der Waals surface area (Å²) in [6.45, 7) is 6.16. The zero-order chi connectivity index (χ0) is 13.0. The van der Waals surface area contributed by atoms with Crippen molar-refractivity contribution in [2.24, 2.45) is 0 Å². The minimum absolute atomic E-state index is 0.655. The number of halogens is 2. The second kappa shape index (κ2) is 6.75. The fourth-order valence-corrected chi connectivity index (χ4v) is 2.68. The Bertz CT molecular complexity index is 395. The maximum atomic E-state index is 6.09. The van der Waals surface area contributed by atoms with Gasteiger partial charge in [0.15, 0.2) is 0 Å². The molecule has 1 aromatic rings. The Kier molecular flexibility index (Phi) is 5.30. The van der Waals surface area contributed by atoms with E-state index in [0.29, 0.717) is 11.6 Å². The van der Waals surface area contributed by atoms with E-state index < -0.39 is 0 Å². The molecular weight excluding hydrogens is 316 g/mol. The molecule has 0 radical (unpaired) electrons. The smallest absolute Gasteiger partial charge is 0.138 e. The lowest BCUT2D eigenvalue weighted by atomic mass is 10.3. The van der Waals surface area contributed by atoms with Crippen molar-refractivity contribution < 1.29 is 4.74 Å². The second-order valence-corrected chi connectivity index (χ2v) is 5.89. The molecule has 3 nitrogen and oxygen atoms in total. The fraction of sp³-hybridized carbons (Fsp3) is 0.538. The molecule has 1 aliphatic rings. The number of hydrogen-bond donors (Lipinski definition) is 0. The van der Waals surface area contributed by atoms with Crippen LogP contribution in [0.1, 0.15) is 0 Å². The Morgan fingerprint density at radius 2 is 2.00 bits per heavy atom. The van der Waals surface area contributed by atoms with Gasteiger partial charge in [-0.2, -0.15) is 0 Å². The quantitative estimate of drug-likeness (QED) is 0.842. The van der Waals surface area contributed by atoms with Crippen molar-refractivity contribution in [3.63, 3.8) is 0 Å². The van der Waals surface area contributed by atoms with Crippen molar-refractivity contribution in [3.8, 4) is 5.75 Å². The van der Waals surface area contributed by atoms with E-state index in [4.69, 9.17) is 16.3 Å². The van der Waals surface area contributed by atoms with Gasteiger partial charge in [0.05, 0.1) is 5.02 Å². The first-order valence-electron chi connectivity index (χ1n) is 6.14. The topological polar surface area (TPSA) is 15.7 Å². The normalized spacial score (nSPS) is 17.9. The molecule has 1 saturated heterocycles. The zero-order valence-electron chi connectivity index (χ0n) is 10.5. The summed E-state index contributed by atoms with van der Waals surface area (Å²) in [6.07, 6.45) is 0. The Hall–Kier alpha value is -0.290. The van der Waals surface area contributed by atoms with Crippen LogP contribution in [0, 0.1) is 0 Å². The number of piperazine rings is 1. The third kappa shape index (κ3) is 4.12. The van der Waals surface area contributed by atoms with Gasteiger partial charge in [-0.15, -0.1) is 0 Å². The van der Waals surface area contributed by atoms with Crippen LogP contribution in [0.3, 0.4) is 0 Å². The number of hydrogen-bond acceptors (Lipinski definition) is 3. The summed E-state index contributed by atoms with van der Waals surface area (Å²) in [5.74, 6) is 0.758. The van der Waals surface area contributed by atoms with Crippen LogP contribution < -0.4 is 4.74 Å². The first kappa shape index (κ1) is 14.1. The molecule has 0 amide bonds. The minimum Gasteiger partial charge on any atom is -0.491 e. The number of nitrogens with zero attached hydrogens (tertiary/aromatic N) is 2. The van der Waals surface area contributed by atoms with Gasteiger partial charge in [0.1, 0.15) is 12.4 Å². The molecule has 0 aliphatic carbocycles. The van der Waals surface area contributed by atoms with Crippen molar-refractivity contribution in [3.05, 3.63) is 27.7 Å². The van der Waals surface area contributed by atoms with Crippen molar-refractivity contribution in [1.82, 2.24) is 9.80 Å². The number of benzene rings is 1. The number of rotatable bonds is 4. The molecule has 2 rings (SSSR count). The van der Waals surface area contributed by atoms with Gasteiger partial charge in [0, 0.05) is 37.2 Å². The average molecular weight is 334 g/mol. The van der Waals surface area contributed by atoms with E-state index in [-0.39, 0.29) is 0 Å². The van der Waals surface area contributed by atoms with Gasteiger partial charge < -0.3 is 9.64 Å². The van der Waals surface area contributed by atoms with Gasteiger partial charge in [-0.3, -0.25) is 4.90 Å². The predicted octanol–water partition coefficient (Wildman–Crippen LogP) is 2.73. The van der Waals surface area contributed by atoms with E-state index in [1.807, 2.05) is 18.2 Å². The SMILES string of the molecule is CN1CCN(CCOc2ccc(Br)cc2Cl)CC1. The van der Waals surface area contributed by atoms with Gasteiger partial charge in [0.25, 0.3) is 0 Å². The summed E-state index contributed by atoms with van der Waals surface area (Å²) in [7, 11) is 2.16. The monoisotopic (exact) mass is 332 g/mol. The molecule has 0 atom stereocenters. The molecule has 1 fully saturated rings. The van der Waals surface area contributed by atoms with E-state index in [1.54, 1.807) is 0 Å². The van der Waals surface area contributed by atoms with E-state index in [0.717, 1.165) is 42.9 Å². The van der Waals surface area contributed by atoms with Crippen molar-refractivity contribution in [2.45, 2.75) is 0 Å². The van der Waals surface area contributed by atoms with Crippen LogP contribution in [0.4, 0.5) is 0 Å². The standard InChI is InChI=1S/C13H18BrClN2O/c1-16-4-6-17(7-5-16)8-9-18-13-3-2-11(14)10-12(13)15/h2-3,10H,4-9H2,1H3. The van der Waals surface area contributed by atoms with E-state index in [9.17, 15) is 0 Å². The summed E-state index contributed by atoms with van der Waals surface area (Å²) in [5, 5.41) is 0.655. The summed E-state index contributed by atoms with van der Waals surface area (Å²) >= 11 is 9.47. The third-order valence-corrected chi connectivity index (χ3v) is 3.94. The van der Waals surface area contributed by atoms with Crippen molar-refractivity contribution in [2.75, 3.05) is 46.4 Å². The Balaban J connectivity index is 1.75. The highest BCUT2D eigenvalue weighted by molar-refractivity contribution is 9.10. The largest absolute Gasteiger partial charge is 0.491 e. The fourth-order valence-electron chi connectivity index (χ4n) is 1.95. The van der Waals surface area contributed by atoms with E-state index >= 15 is 0 Å². The van der Waals surface area contributed by atoms with Crippen molar-refractivity contribution >= 4 is 27.5 Å².